The normalized spacial score (nSPS) is 12.5. The third-order valence-electron chi connectivity index (χ3n) is 2.32. The van der Waals surface area contributed by atoms with Gasteiger partial charge in [0, 0.05) is 11.4 Å². The maximum absolute atomic E-state index is 12.0. The number of nitrogens with one attached hydrogen (secondary N) is 2. The average molecular weight is 321 g/mol. The number of rotatable bonds is 6. The summed E-state index contributed by atoms with van der Waals surface area (Å²) in [4.78, 5) is 22.3. The number of carbonyl (C=O) groups is 2. The molecule has 0 spiro atoms. The molecule has 0 aromatic heterocycles. The van der Waals surface area contributed by atoms with Gasteiger partial charge in [-0.15, -0.1) is 0 Å². The van der Waals surface area contributed by atoms with Gasteiger partial charge in [0.15, 0.2) is 0 Å². The van der Waals surface area contributed by atoms with E-state index in [0.717, 1.165) is 0 Å². The van der Waals surface area contributed by atoms with Gasteiger partial charge in [-0.1, -0.05) is 30.0 Å². The Bertz CT molecular complexity index is 482. The number of hydrogen-bond donors (Lipinski definition) is 2. The molecule has 0 aliphatic carbocycles. The topological polar surface area (TPSA) is 81.3 Å². The molecule has 0 saturated carbocycles. The zero-order chi connectivity index (χ0) is 15.9. The molecular weight excluding hydrogens is 309 g/mol. The molecule has 0 heterocycles. The van der Waals surface area contributed by atoms with Crippen molar-refractivity contribution >= 4 is 29.4 Å². The van der Waals surface area contributed by atoms with Crippen molar-refractivity contribution in [2.24, 2.45) is 0 Å². The first-order valence-corrected chi connectivity index (χ1v) is 6.80. The number of anilines is 1. The van der Waals surface area contributed by atoms with Crippen LogP contribution in [-0.4, -0.2) is 29.3 Å². The van der Waals surface area contributed by atoms with Crippen LogP contribution in [0.2, 0.25) is 0 Å². The molecule has 1 aromatic carbocycles. The summed E-state index contributed by atoms with van der Waals surface area (Å²) in [5, 5.41) is 14.7. The smallest absolute Gasteiger partial charge is 0.441 e. The number of hydrogen-bond acceptors (Lipinski definition) is 4. The average Bonchev–Trinajstić information content (AvgIpc) is 2.36. The monoisotopic (exact) mass is 321 g/mol. The molecule has 1 rings (SSSR count). The van der Waals surface area contributed by atoms with Crippen LogP contribution in [0.5, 0.6) is 0 Å². The van der Waals surface area contributed by atoms with E-state index in [2.05, 4.69) is 5.32 Å². The molecule has 0 fully saturated rings. The maximum Gasteiger partial charge on any atom is 0.441 e. The molecule has 1 aromatic rings. The molecule has 0 aliphatic heterocycles. The van der Waals surface area contributed by atoms with Gasteiger partial charge in [0.25, 0.3) is 0 Å². The number of carbonyl (C=O) groups excluding carboxylic acids is 2. The van der Waals surface area contributed by atoms with Crippen molar-refractivity contribution in [3.63, 3.8) is 0 Å². The van der Waals surface area contributed by atoms with E-state index >= 15 is 0 Å². The predicted molar refractivity (Wildman–Crippen MR) is 70.5 cm³/mol. The fourth-order valence-corrected chi connectivity index (χ4v) is 2.04. The molecule has 116 valence electrons. The van der Waals surface area contributed by atoms with Gasteiger partial charge in [0.05, 0.1) is 0 Å². The second-order valence-corrected chi connectivity index (χ2v) is 5.08. The number of benzene rings is 1. The first kappa shape index (κ1) is 17.2. The van der Waals surface area contributed by atoms with Crippen LogP contribution >= 0.6 is 11.8 Å². The molecule has 2 N–H and O–H groups in total. The van der Waals surface area contributed by atoms with Crippen LogP contribution in [0.3, 0.4) is 0 Å². The lowest BCUT2D eigenvalue weighted by Gasteiger charge is -2.19. The Labute approximate surface area is 122 Å². The summed E-state index contributed by atoms with van der Waals surface area (Å²) >= 11 is -0.321. The lowest BCUT2D eigenvalue weighted by atomic mass is 10.2. The molecule has 0 radical (unpaired) electrons. The van der Waals surface area contributed by atoms with E-state index in [4.69, 9.17) is 0 Å². The zero-order valence-corrected chi connectivity index (χ0v) is 11.5. The van der Waals surface area contributed by atoms with Crippen LogP contribution in [0.4, 0.5) is 23.7 Å². The largest absolute Gasteiger partial charge is 0.530 e. The SMILES string of the molecule is O=C([O-])N[C@@H](CCSC(F)(F)F)C(=O)Nc1ccccc1. The third kappa shape index (κ3) is 7.45. The Morgan fingerprint density at radius 3 is 2.38 bits per heavy atom. The number of carboxylic acid groups (broad SMARTS) is 1. The Morgan fingerprint density at radius 1 is 1.24 bits per heavy atom. The van der Waals surface area contributed by atoms with Gasteiger partial charge in [0.1, 0.15) is 12.1 Å². The van der Waals surface area contributed by atoms with Crippen molar-refractivity contribution in [1.29, 1.82) is 0 Å². The Morgan fingerprint density at radius 2 is 1.86 bits per heavy atom. The van der Waals surface area contributed by atoms with Gasteiger partial charge < -0.3 is 20.5 Å². The standard InChI is InChI=1S/C12H13F3N2O3S/c13-12(14,15)21-7-6-9(17-11(19)20)10(18)16-8-4-2-1-3-5-8/h1-5,9,17H,6-7H2,(H,16,18)(H,19,20)/p-1/t9-/m0/s1. The molecule has 0 saturated heterocycles. The minimum atomic E-state index is -4.43. The summed E-state index contributed by atoms with van der Waals surface area (Å²) in [6.45, 7) is 0. The lowest BCUT2D eigenvalue weighted by molar-refractivity contribution is -0.251. The van der Waals surface area contributed by atoms with Crippen LogP contribution in [0.15, 0.2) is 30.3 Å². The number of thioether (sulfide) groups is 1. The van der Waals surface area contributed by atoms with E-state index in [1.165, 1.54) is 0 Å². The van der Waals surface area contributed by atoms with Crippen LogP contribution in [0.25, 0.3) is 0 Å². The van der Waals surface area contributed by atoms with Crippen molar-refractivity contribution < 1.29 is 27.9 Å². The highest BCUT2D eigenvalue weighted by Crippen LogP contribution is 2.30. The van der Waals surface area contributed by atoms with Crippen molar-refractivity contribution in [3.8, 4) is 0 Å². The molecule has 5 nitrogen and oxygen atoms in total. The number of para-hydroxylation sites is 1. The van der Waals surface area contributed by atoms with E-state index < -0.39 is 29.3 Å². The summed E-state index contributed by atoms with van der Waals surface area (Å²) in [6.07, 6.45) is -2.03. The summed E-state index contributed by atoms with van der Waals surface area (Å²) in [6, 6.07) is 6.83. The predicted octanol–water partition coefficient (Wildman–Crippen LogP) is 1.57. The lowest BCUT2D eigenvalue weighted by Crippen LogP contribution is -2.49. The summed E-state index contributed by atoms with van der Waals surface area (Å²) in [7, 11) is 0. The van der Waals surface area contributed by atoms with E-state index in [-0.39, 0.29) is 18.2 Å². The van der Waals surface area contributed by atoms with Crippen LogP contribution in [0, 0.1) is 0 Å². The van der Waals surface area contributed by atoms with E-state index in [1.807, 2.05) is 0 Å². The van der Waals surface area contributed by atoms with Crippen molar-refractivity contribution in [1.82, 2.24) is 5.32 Å². The zero-order valence-electron chi connectivity index (χ0n) is 10.6. The Kier molecular flexibility index (Phi) is 6.35. The first-order valence-electron chi connectivity index (χ1n) is 5.82. The van der Waals surface area contributed by atoms with E-state index in [9.17, 15) is 27.9 Å². The number of amides is 2. The van der Waals surface area contributed by atoms with Gasteiger partial charge in [-0.2, -0.15) is 13.2 Å². The fraction of sp³-hybridized carbons (Fsp3) is 0.333. The number of halogens is 3. The molecule has 21 heavy (non-hydrogen) atoms. The quantitative estimate of drug-likeness (QED) is 0.833. The van der Waals surface area contributed by atoms with Crippen LogP contribution < -0.4 is 15.7 Å². The molecule has 0 unspecified atom stereocenters. The fourth-order valence-electron chi connectivity index (χ4n) is 1.45. The maximum atomic E-state index is 12.0. The van der Waals surface area contributed by atoms with Crippen molar-refractivity contribution in [3.05, 3.63) is 30.3 Å². The second kappa shape index (κ2) is 7.77. The Hall–Kier alpha value is -1.90. The van der Waals surface area contributed by atoms with Crippen LogP contribution in [-0.2, 0) is 4.79 Å². The van der Waals surface area contributed by atoms with E-state index in [1.54, 1.807) is 35.6 Å². The van der Waals surface area contributed by atoms with Crippen molar-refractivity contribution in [2.45, 2.75) is 18.0 Å². The summed E-state index contributed by atoms with van der Waals surface area (Å²) < 4.78 is 36.1. The highest BCUT2D eigenvalue weighted by Gasteiger charge is 2.29. The van der Waals surface area contributed by atoms with E-state index in [0.29, 0.717) is 5.69 Å². The molecule has 0 bridgehead atoms. The van der Waals surface area contributed by atoms with Gasteiger partial charge >= 0.3 is 5.51 Å². The van der Waals surface area contributed by atoms with Crippen molar-refractivity contribution in [2.75, 3.05) is 11.1 Å². The van der Waals surface area contributed by atoms with Gasteiger partial charge in [-0.25, -0.2) is 0 Å². The molecular formula is C12H12F3N2O3S-. The molecule has 0 aliphatic rings. The second-order valence-electron chi connectivity index (χ2n) is 3.92. The summed E-state index contributed by atoms with van der Waals surface area (Å²) in [5.74, 6) is -1.19. The molecule has 1 atom stereocenters. The molecule has 9 heteroatoms. The van der Waals surface area contributed by atoms with Crippen LogP contribution in [0.1, 0.15) is 6.42 Å². The summed E-state index contributed by atoms with van der Waals surface area (Å²) in [5.41, 5.74) is -4.02. The number of alkyl halides is 3. The molecule has 2 amide bonds. The van der Waals surface area contributed by atoms with Gasteiger partial charge in [0.2, 0.25) is 5.91 Å². The van der Waals surface area contributed by atoms with Gasteiger partial charge in [-0.3, -0.25) is 4.79 Å². The minimum Gasteiger partial charge on any atom is -0.530 e. The third-order valence-corrected chi connectivity index (χ3v) is 3.09. The first-order chi connectivity index (χ1) is 9.78. The minimum absolute atomic E-state index is 0.309. The Balaban J connectivity index is 2.59. The highest BCUT2D eigenvalue weighted by atomic mass is 32.2. The highest BCUT2D eigenvalue weighted by molar-refractivity contribution is 8.00. The van der Waals surface area contributed by atoms with Gasteiger partial charge in [-0.05, 0) is 18.6 Å².